The van der Waals surface area contributed by atoms with E-state index in [1.165, 1.54) is 7.11 Å². The number of benzene rings is 1. The van der Waals surface area contributed by atoms with Crippen LogP contribution in [0.4, 0.5) is 0 Å². The number of nitrogens with zero attached hydrogens (tertiary/aromatic N) is 4. The first-order valence-corrected chi connectivity index (χ1v) is 8.53. The molecule has 4 rings (SSSR count). The lowest BCUT2D eigenvalue weighted by Gasteiger charge is -2.25. The van der Waals surface area contributed by atoms with Crippen molar-refractivity contribution in [1.82, 2.24) is 25.1 Å². The Bertz CT molecular complexity index is 923. The summed E-state index contributed by atoms with van der Waals surface area (Å²) < 4.78 is 7.27. The minimum Gasteiger partial charge on any atom is -0.480 e. The van der Waals surface area contributed by atoms with Crippen LogP contribution in [0.2, 0.25) is 0 Å². The summed E-state index contributed by atoms with van der Waals surface area (Å²) in [6.45, 7) is 0.640. The zero-order valence-electron chi connectivity index (χ0n) is 14.4. The monoisotopic (exact) mass is 349 g/mol. The van der Waals surface area contributed by atoms with Crippen molar-refractivity contribution < 1.29 is 9.53 Å². The number of carbonyl (C=O) groups excluding carboxylic acids is 1. The van der Waals surface area contributed by atoms with E-state index in [0.717, 1.165) is 30.1 Å². The number of amides is 1. The molecule has 1 aliphatic rings. The zero-order chi connectivity index (χ0) is 17.9. The fourth-order valence-electron chi connectivity index (χ4n) is 3.24. The van der Waals surface area contributed by atoms with Crippen LogP contribution < -0.4 is 10.1 Å². The van der Waals surface area contributed by atoms with E-state index in [1.54, 1.807) is 18.3 Å². The van der Waals surface area contributed by atoms with Crippen LogP contribution in [-0.2, 0) is 13.0 Å². The molecule has 0 fully saturated rings. The van der Waals surface area contributed by atoms with Crippen molar-refractivity contribution in [2.45, 2.75) is 25.4 Å². The van der Waals surface area contributed by atoms with Crippen molar-refractivity contribution in [3.63, 3.8) is 0 Å². The average molecular weight is 349 g/mol. The van der Waals surface area contributed by atoms with Gasteiger partial charge in [-0.3, -0.25) is 4.79 Å². The van der Waals surface area contributed by atoms with Crippen LogP contribution in [0.25, 0.3) is 11.4 Å². The first-order chi connectivity index (χ1) is 12.8. The number of pyridine rings is 1. The van der Waals surface area contributed by atoms with E-state index in [4.69, 9.17) is 4.74 Å². The molecule has 7 heteroatoms. The molecule has 0 radical (unpaired) electrons. The van der Waals surface area contributed by atoms with Gasteiger partial charge in [0.05, 0.1) is 7.11 Å². The minimum atomic E-state index is -0.183. The molecular weight excluding hydrogens is 330 g/mol. The van der Waals surface area contributed by atoms with Gasteiger partial charge in [-0.1, -0.05) is 30.3 Å². The summed E-state index contributed by atoms with van der Waals surface area (Å²) in [7, 11) is 1.51. The molecule has 2 aromatic heterocycles. The predicted molar refractivity (Wildman–Crippen MR) is 95.8 cm³/mol. The van der Waals surface area contributed by atoms with E-state index in [9.17, 15) is 4.79 Å². The molecule has 26 heavy (non-hydrogen) atoms. The van der Waals surface area contributed by atoms with E-state index in [0.29, 0.717) is 18.0 Å². The third-order valence-corrected chi connectivity index (χ3v) is 4.52. The summed E-state index contributed by atoms with van der Waals surface area (Å²) in [4.78, 5) is 16.7. The highest BCUT2D eigenvalue weighted by atomic mass is 16.5. The van der Waals surface area contributed by atoms with Gasteiger partial charge in [-0.2, -0.15) is 0 Å². The Kier molecular flexibility index (Phi) is 4.35. The molecule has 3 heterocycles. The SMILES string of the molecule is COc1ncccc1C(=O)N[C@@H]1CCc2nnc(-c3ccccc3)n2C1. The maximum atomic E-state index is 12.6. The standard InChI is InChI=1S/C19H19N5O2/c1-26-19-15(8-5-11-20-19)18(25)21-14-9-10-16-22-23-17(24(16)12-14)13-6-3-2-4-7-13/h2-8,11,14H,9-10,12H2,1H3,(H,21,25)/t14-/m1/s1. The van der Waals surface area contributed by atoms with Crippen molar-refractivity contribution in [2.24, 2.45) is 0 Å². The molecule has 1 aliphatic heterocycles. The van der Waals surface area contributed by atoms with Crippen molar-refractivity contribution in [1.29, 1.82) is 0 Å². The highest BCUT2D eigenvalue weighted by Crippen LogP contribution is 2.23. The number of carbonyl (C=O) groups is 1. The normalized spacial score (nSPS) is 16.0. The van der Waals surface area contributed by atoms with Crippen LogP contribution in [0.3, 0.4) is 0 Å². The lowest BCUT2D eigenvalue weighted by Crippen LogP contribution is -2.41. The summed E-state index contributed by atoms with van der Waals surface area (Å²) in [6.07, 6.45) is 3.20. The number of aromatic nitrogens is 4. The lowest BCUT2D eigenvalue weighted by molar-refractivity contribution is 0.0924. The van der Waals surface area contributed by atoms with Gasteiger partial charge < -0.3 is 14.6 Å². The summed E-state index contributed by atoms with van der Waals surface area (Å²) in [5.74, 6) is 1.93. The molecule has 1 N–H and O–H groups in total. The van der Waals surface area contributed by atoms with Gasteiger partial charge in [-0.15, -0.1) is 10.2 Å². The molecule has 3 aromatic rings. The van der Waals surface area contributed by atoms with Gasteiger partial charge in [0.25, 0.3) is 5.91 Å². The van der Waals surface area contributed by atoms with E-state index in [2.05, 4.69) is 25.1 Å². The molecule has 1 amide bonds. The van der Waals surface area contributed by atoms with Crippen molar-refractivity contribution in [3.05, 3.63) is 60.0 Å². The fourth-order valence-corrected chi connectivity index (χ4v) is 3.24. The van der Waals surface area contributed by atoms with Crippen LogP contribution in [0.15, 0.2) is 48.7 Å². The molecule has 1 atom stereocenters. The maximum Gasteiger partial charge on any atom is 0.257 e. The Morgan fingerprint density at radius 1 is 1.19 bits per heavy atom. The number of aryl methyl sites for hydroxylation is 1. The summed E-state index contributed by atoms with van der Waals surface area (Å²) in [5.41, 5.74) is 1.46. The van der Waals surface area contributed by atoms with Crippen molar-refractivity contribution in [3.8, 4) is 17.3 Å². The topological polar surface area (TPSA) is 81.9 Å². The number of methoxy groups -OCH3 is 1. The van der Waals surface area contributed by atoms with Gasteiger partial charge in [-0.05, 0) is 18.6 Å². The Labute approximate surface area is 151 Å². The molecule has 7 nitrogen and oxygen atoms in total. The second-order valence-electron chi connectivity index (χ2n) is 6.19. The molecule has 0 saturated heterocycles. The Hall–Kier alpha value is -3.22. The van der Waals surface area contributed by atoms with Gasteiger partial charge in [0.15, 0.2) is 5.82 Å². The fraction of sp³-hybridized carbons (Fsp3) is 0.263. The summed E-state index contributed by atoms with van der Waals surface area (Å²) in [6, 6.07) is 13.4. The smallest absolute Gasteiger partial charge is 0.257 e. The number of fused-ring (bicyclic) bond motifs is 1. The molecule has 1 aromatic carbocycles. The molecule has 0 aliphatic carbocycles. The second kappa shape index (κ2) is 6.95. The molecular formula is C19H19N5O2. The van der Waals surface area contributed by atoms with E-state index >= 15 is 0 Å². The predicted octanol–water partition coefficient (Wildman–Crippen LogP) is 2.09. The summed E-state index contributed by atoms with van der Waals surface area (Å²) >= 11 is 0. The molecule has 0 spiro atoms. The van der Waals surface area contributed by atoms with Gasteiger partial charge in [0.2, 0.25) is 5.88 Å². The van der Waals surface area contributed by atoms with Gasteiger partial charge in [0.1, 0.15) is 11.4 Å². The van der Waals surface area contributed by atoms with Gasteiger partial charge in [0, 0.05) is 30.8 Å². The number of hydrogen-bond donors (Lipinski definition) is 1. The highest BCUT2D eigenvalue weighted by molar-refractivity contribution is 5.96. The Balaban J connectivity index is 1.54. The first-order valence-electron chi connectivity index (χ1n) is 8.53. The lowest BCUT2D eigenvalue weighted by atomic mass is 10.1. The average Bonchev–Trinajstić information content (AvgIpc) is 3.12. The van der Waals surface area contributed by atoms with Crippen LogP contribution in [0.5, 0.6) is 5.88 Å². The van der Waals surface area contributed by atoms with E-state index < -0.39 is 0 Å². The minimum absolute atomic E-state index is 0.00151. The van der Waals surface area contributed by atoms with Crippen LogP contribution in [-0.4, -0.2) is 38.8 Å². The van der Waals surface area contributed by atoms with Crippen LogP contribution >= 0.6 is 0 Å². The highest BCUT2D eigenvalue weighted by Gasteiger charge is 2.25. The van der Waals surface area contributed by atoms with E-state index in [-0.39, 0.29) is 11.9 Å². The summed E-state index contributed by atoms with van der Waals surface area (Å²) in [5, 5.41) is 11.7. The first kappa shape index (κ1) is 16.3. The molecule has 0 saturated carbocycles. The van der Waals surface area contributed by atoms with Crippen LogP contribution in [0.1, 0.15) is 22.6 Å². The molecule has 0 bridgehead atoms. The zero-order valence-corrected chi connectivity index (χ0v) is 14.4. The van der Waals surface area contributed by atoms with Gasteiger partial charge >= 0.3 is 0 Å². The number of hydrogen-bond acceptors (Lipinski definition) is 5. The Morgan fingerprint density at radius 3 is 2.85 bits per heavy atom. The Morgan fingerprint density at radius 2 is 2.04 bits per heavy atom. The number of ether oxygens (including phenoxy) is 1. The third kappa shape index (κ3) is 3.03. The van der Waals surface area contributed by atoms with Crippen molar-refractivity contribution in [2.75, 3.05) is 7.11 Å². The maximum absolute atomic E-state index is 12.6. The quantitative estimate of drug-likeness (QED) is 0.780. The largest absolute Gasteiger partial charge is 0.480 e. The van der Waals surface area contributed by atoms with E-state index in [1.807, 2.05) is 30.3 Å². The third-order valence-electron chi connectivity index (χ3n) is 4.52. The molecule has 132 valence electrons. The second-order valence-corrected chi connectivity index (χ2v) is 6.19. The van der Waals surface area contributed by atoms with Gasteiger partial charge in [-0.25, -0.2) is 4.98 Å². The number of nitrogens with one attached hydrogen (secondary N) is 1. The number of rotatable bonds is 4. The van der Waals surface area contributed by atoms with Crippen LogP contribution in [0, 0.1) is 0 Å². The van der Waals surface area contributed by atoms with Crippen molar-refractivity contribution >= 4 is 5.91 Å². The molecule has 0 unspecified atom stereocenters.